The molecule has 0 radical (unpaired) electrons. The monoisotopic (exact) mass is 347 g/mol. The fourth-order valence-electron chi connectivity index (χ4n) is 2.87. The molecule has 1 saturated heterocycles. The molecule has 1 aliphatic rings. The third-order valence-electron chi connectivity index (χ3n) is 4.46. The number of nitrogens with zero attached hydrogens (tertiary/aromatic N) is 1. The smallest absolute Gasteiger partial charge is 0.237 e. The summed E-state index contributed by atoms with van der Waals surface area (Å²) < 4.78 is 5.12. The van der Waals surface area contributed by atoms with Crippen molar-refractivity contribution >= 4 is 11.8 Å². The van der Waals surface area contributed by atoms with Gasteiger partial charge in [0.15, 0.2) is 0 Å². The Labute approximate surface area is 149 Å². The van der Waals surface area contributed by atoms with E-state index < -0.39 is 0 Å². The average molecular weight is 347 g/mol. The van der Waals surface area contributed by atoms with Crippen molar-refractivity contribution in [2.45, 2.75) is 39.3 Å². The standard InChI is InChI=1S/C19H29N3O3/c1-14(2)8-10-22-11-9-20-19(24)17(22)12-18(23)21-13-15-4-6-16(25-3)7-5-15/h4-7,14,17H,8-13H2,1-3H3,(H,20,24)(H,21,23). The van der Waals surface area contributed by atoms with Crippen molar-refractivity contribution in [3.8, 4) is 5.75 Å². The Bertz CT molecular complexity index is 572. The van der Waals surface area contributed by atoms with Crippen LogP contribution in [0.25, 0.3) is 0 Å². The fourth-order valence-corrected chi connectivity index (χ4v) is 2.87. The number of carbonyl (C=O) groups is 2. The van der Waals surface area contributed by atoms with Gasteiger partial charge in [0.05, 0.1) is 19.6 Å². The molecule has 0 spiro atoms. The highest BCUT2D eigenvalue weighted by molar-refractivity contribution is 5.88. The van der Waals surface area contributed by atoms with E-state index in [9.17, 15) is 9.59 Å². The van der Waals surface area contributed by atoms with Crippen molar-refractivity contribution in [1.82, 2.24) is 15.5 Å². The third-order valence-corrected chi connectivity index (χ3v) is 4.46. The highest BCUT2D eigenvalue weighted by atomic mass is 16.5. The Kier molecular flexibility index (Phi) is 7.25. The van der Waals surface area contributed by atoms with Gasteiger partial charge in [0.2, 0.25) is 11.8 Å². The first-order valence-electron chi connectivity index (χ1n) is 8.91. The molecule has 0 aliphatic carbocycles. The highest BCUT2D eigenvalue weighted by Gasteiger charge is 2.31. The number of ether oxygens (including phenoxy) is 1. The SMILES string of the molecule is COc1ccc(CNC(=O)CC2C(=O)NCCN2CCC(C)C)cc1. The van der Waals surface area contributed by atoms with Gasteiger partial charge in [-0.1, -0.05) is 26.0 Å². The van der Waals surface area contributed by atoms with Crippen LogP contribution in [-0.4, -0.2) is 49.5 Å². The minimum atomic E-state index is -0.372. The molecule has 2 N–H and O–H groups in total. The molecule has 1 fully saturated rings. The fraction of sp³-hybridized carbons (Fsp3) is 0.579. The minimum absolute atomic E-state index is 0.0467. The molecule has 1 aromatic carbocycles. The summed E-state index contributed by atoms with van der Waals surface area (Å²) in [5.74, 6) is 1.21. The van der Waals surface area contributed by atoms with Gasteiger partial charge in [-0.15, -0.1) is 0 Å². The van der Waals surface area contributed by atoms with E-state index in [1.54, 1.807) is 7.11 Å². The van der Waals surface area contributed by atoms with Gasteiger partial charge >= 0.3 is 0 Å². The zero-order valence-electron chi connectivity index (χ0n) is 15.4. The molecule has 2 amide bonds. The van der Waals surface area contributed by atoms with Gasteiger partial charge in [0, 0.05) is 19.6 Å². The number of carbonyl (C=O) groups excluding carboxylic acids is 2. The lowest BCUT2D eigenvalue weighted by Gasteiger charge is -2.35. The number of methoxy groups -OCH3 is 1. The van der Waals surface area contributed by atoms with Crippen LogP contribution in [-0.2, 0) is 16.1 Å². The van der Waals surface area contributed by atoms with Gasteiger partial charge in [0.25, 0.3) is 0 Å². The lowest BCUT2D eigenvalue weighted by molar-refractivity contribution is -0.134. The molecular weight excluding hydrogens is 318 g/mol. The van der Waals surface area contributed by atoms with E-state index in [0.717, 1.165) is 30.8 Å². The largest absolute Gasteiger partial charge is 0.497 e. The van der Waals surface area contributed by atoms with E-state index in [2.05, 4.69) is 29.4 Å². The van der Waals surface area contributed by atoms with Crippen molar-refractivity contribution in [2.75, 3.05) is 26.7 Å². The zero-order valence-corrected chi connectivity index (χ0v) is 15.4. The van der Waals surface area contributed by atoms with Crippen LogP contribution in [0.4, 0.5) is 0 Å². The molecule has 0 saturated carbocycles. The van der Waals surface area contributed by atoms with E-state index in [1.807, 2.05) is 24.3 Å². The van der Waals surface area contributed by atoms with Crippen molar-refractivity contribution in [3.63, 3.8) is 0 Å². The number of rotatable bonds is 8. The number of amides is 2. The molecule has 0 aromatic heterocycles. The summed E-state index contributed by atoms with van der Waals surface area (Å²) in [6.07, 6.45) is 1.22. The molecule has 1 heterocycles. The predicted molar refractivity (Wildman–Crippen MR) is 97.3 cm³/mol. The summed E-state index contributed by atoms with van der Waals surface area (Å²) in [6.45, 7) is 7.08. The molecule has 6 nitrogen and oxygen atoms in total. The van der Waals surface area contributed by atoms with Crippen LogP contribution < -0.4 is 15.4 Å². The maximum absolute atomic E-state index is 12.3. The van der Waals surface area contributed by atoms with Gasteiger partial charge in [-0.3, -0.25) is 14.5 Å². The van der Waals surface area contributed by atoms with Gasteiger partial charge in [-0.2, -0.15) is 0 Å². The second kappa shape index (κ2) is 9.42. The molecule has 2 rings (SSSR count). The summed E-state index contributed by atoms with van der Waals surface area (Å²) in [7, 11) is 1.62. The van der Waals surface area contributed by atoms with Crippen LogP contribution in [0, 0.1) is 5.92 Å². The summed E-state index contributed by atoms with van der Waals surface area (Å²) >= 11 is 0. The Morgan fingerprint density at radius 3 is 2.72 bits per heavy atom. The molecule has 1 unspecified atom stereocenters. The molecule has 0 bridgehead atoms. The second-order valence-corrected chi connectivity index (χ2v) is 6.85. The maximum Gasteiger partial charge on any atom is 0.237 e. The average Bonchev–Trinajstić information content (AvgIpc) is 2.60. The number of benzene rings is 1. The van der Waals surface area contributed by atoms with Crippen LogP contribution in [0.1, 0.15) is 32.3 Å². The molecule has 1 aromatic rings. The summed E-state index contributed by atoms with van der Waals surface area (Å²) in [4.78, 5) is 26.6. The number of piperazine rings is 1. The third kappa shape index (κ3) is 6.05. The molecule has 1 atom stereocenters. The van der Waals surface area contributed by atoms with Crippen LogP contribution in [0.15, 0.2) is 24.3 Å². The van der Waals surface area contributed by atoms with Crippen molar-refractivity contribution in [1.29, 1.82) is 0 Å². The molecule has 25 heavy (non-hydrogen) atoms. The highest BCUT2D eigenvalue weighted by Crippen LogP contribution is 2.13. The van der Waals surface area contributed by atoms with Gasteiger partial charge in [-0.05, 0) is 36.6 Å². The van der Waals surface area contributed by atoms with E-state index in [4.69, 9.17) is 4.74 Å². The topological polar surface area (TPSA) is 70.7 Å². The number of hydrogen-bond acceptors (Lipinski definition) is 4. The molecular formula is C19H29N3O3. The quantitative estimate of drug-likeness (QED) is 0.748. The zero-order chi connectivity index (χ0) is 18.2. The Balaban J connectivity index is 1.86. The Morgan fingerprint density at radius 1 is 1.36 bits per heavy atom. The summed E-state index contributed by atoms with van der Waals surface area (Å²) in [6, 6.07) is 7.19. The predicted octanol–water partition coefficient (Wildman–Crippen LogP) is 1.55. The van der Waals surface area contributed by atoms with Gasteiger partial charge in [-0.25, -0.2) is 0 Å². The van der Waals surface area contributed by atoms with Crippen LogP contribution in [0.2, 0.25) is 0 Å². The summed E-state index contributed by atoms with van der Waals surface area (Å²) in [5, 5.41) is 5.77. The number of hydrogen-bond donors (Lipinski definition) is 2. The molecule has 138 valence electrons. The van der Waals surface area contributed by atoms with Crippen LogP contribution >= 0.6 is 0 Å². The van der Waals surface area contributed by atoms with Crippen LogP contribution in [0.3, 0.4) is 0 Å². The lowest BCUT2D eigenvalue weighted by atomic mass is 10.1. The number of nitrogens with one attached hydrogen (secondary N) is 2. The van der Waals surface area contributed by atoms with Crippen molar-refractivity contribution < 1.29 is 14.3 Å². The van der Waals surface area contributed by atoms with E-state index in [1.165, 1.54) is 0 Å². The summed E-state index contributed by atoms with van der Waals surface area (Å²) in [5.41, 5.74) is 0.999. The van der Waals surface area contributed by atoms with Gasteiger partial charge in [0.1, 0.15) is 5.75 Å². The van der Waals surface area contributed by atoms with Crippen molar-refractivity contribution in [2.24, 2.45) is 5.92 Å². The molecule has 6 heteroatoms. The van der Waals surface area contributed by atoms with Crippen molar-refractivity contribution in [3.05, 3.63) is 29.8 Å². The molecule has 1 aliphatic heterocycles. The Morgan fingerprint density at radius 2 is 2.08 bits per heavy atom. The van der Waals surface area contributed by atoms with E-state index >= 15 is 0 Å². The first-order chi connectivity index (χ1) is 12.0. The second-order valence-electron chi connectivity index (χ2n) is 6.85. The van der Waals surface area contributed by atoms with E-state index in [-0.39, 0.29) is 24.3 Å². The Hall–Kier alpha value is -2.08. The van der Waals surface area contributed by atoms with E-state index in [0.29, 0.717) is 19.0 Å². The van der Waals surface area contributed by atoms with Crippen LogP contribution in [0.5, 0.6) is 5.75 Å². The maximum atomic E-state index is 12.3. The minimum Gasteiger partial charge on any atom is -0.497 e. The normalized spacial score (nSPS) is 18.1. The lowest BCUT2D eigenvalue weighted by Crippen LogP contribution is -2.56. The van der Waals surface area contributed by atoms with Gasteiger partial charge < -0.3 is 15.4 Å². The first kappa shape index (κ1) is 19.2. The first-order valence-corrected chi connectivity index (χ1v) is 8.91.